The number of hydrogen-bond donors (Lipinski definition) is 2. The number of aryl methyl sites for hydroxylation is 2. The van der Waals surface area contributed by atoms with Crippen molar-refractivity contribution in [3.05, 3.63) is 117 Å². The van der Waals surface area contributed by atoms with E-state index in [2.05, 4.69) is 21.5 Å². The zero-order chi connectivity index (χ0) is 34.6. The maximum atomic E-state index is 15.3. The number of rotatable bonds is 12. The van der Waals surface area contributed by atoms with Crippen LogP contribution in [0.25, 0.3) is 11.3 Å². The van der Waals surface area contributed by atoms with Gasteiger partial charge in [0.1, 0.15) is 23.7 Å². The Balaban J connectivity index is 1.42. The molecule has 0 fully saturated rings. The number of likely N-dealkylation sites (N-methyl/N-ethyl adjacent to an activating group) is 1. The summed E-state index contributed by atoms with van der Waals surface area (Å²) in [5.41, 5.74) is 1.74. The number of aromatic nitrogens is 4. The first-order valence-electron chi connectivity index (χ1n) is 15.2. The Morgan fingerprint density at radius 1 is 1.12 bits per heavy atom. The molecule has 2 atom stereocenters. The molecule has 5 rings (SSSR count). The fourth-order valence-corrected chi connectivity index (χ4v) is 6.47. The van der Waals surface area contributed by atoms with Gasteiger partial charge in [0, 0.05) is 33.6 Å². The van der Waals surface area contributed by atoms with Gasteiger partial charge < -0.3 is 15.2 Å². The Morgan fingerprint density at radius 2 is 1.81 bits per heavy atom. The number of carbonyl (C=O) groups is 1. The third-order valence-electron chi connectivity index (χ3n) is 8.05. The zero-order valence-electron chi connectivity index (χ0n) is 26.8. The molecule has 13 heteroatoms. The first kappa shape index (κ1) is 34.4. The van der Waals surface area contributed by atoms with E-state index in [-0.39, 0.29) is 19.1 Å². The Hall–Kier alpha value is -4.90. The van der Waals surface area contributed by atoms with Gasteiger partial charge in [-0.25, -0.2) is 22.7 Å². The summed E-state index contributed by atoms with van der Waals surface area (Å²) in [4.78, 5) is 16.8. The van der Waals surface area contributed by atoms with E-state index in [4.69, 9.17) is 10.00 Å². The minimum absolute atomic E-state index is 0.104. The van der Waals surface area contributed by atoms with Crippen molar-refractivity contribution in [1.82, 2.24) is 20.1 Å². The van der Waals surface area contributed by atoms with Crippen molar-refractivity contribution in [2.75, 3.05) is 13.1 Å². The minimum Gasteiger partial charge on any atom is -0.425 e. The number of nitrogens with one attached hydrogen (secondary N) is 1. The number of benzene rings is 3. The molecular weight excluding hydrogens is 641 g/mol. The number of esters is 1. The predicted octanol–water partition coefficient (Wildman–Crippen LogP) is 5.45. The van der Waals surface area contributed by atoms with Crippen LogP contribution in [0.3, 0.4) is 0 Å². The molecule has 5 aromatic rings. The van der Waals surface area contributed by atoms with E-state index in [0.717, 1.165) is 22.3 Å². The van der Waals surface area contributed by atoms with Gasteiger partial charge in [0.25, 0.3) is 6.33 Å². The summed E-state index contributed by atoms with van der Waals surface area (Å²) in [5.74, 6) is -4.55. The molecule has 0 aliphatic rings. The SMILES string of the molecule is CCNCC(=O)Oc1c(C)cc(C[n+]2cnn(C[C@](O)(c3cc(F)c(F)cc3F)[C@@H](C)c3nc(-c4ccc(C#N)cc4)cs3)c2)cc1C. The van der Waals surface area contributed by atoms with Crippen molar-refractivity contribution in [1.29, 1.82) is 5.26 Å². The highest BCUT2D eigenvalue weighted by molar-refractivity contribution is 7.10. The second-order valence-electron chi connectivity index (χ2n) is 11.6. The van der Waals surface area contributed by atoms with E-state index in [1.165, 1.54) is 22.3 Å². The van der Waals surface area contributed by atoms with Gasteiger partial charge in [-0.2, -0.15) is 5.26 Å². The van der Waals surface area contributed by atoms with Crippen LogP contribution >= 0.6 is 11.3 Å². The summed E-state index contributed by atoms with van der Waals surface area (Å²) < 4.78 is 52.5. The van der Waals surface area contributed by atoms with E-state index in [9.17, 15) is 18.7 Å². The Morgan fingerprint density at radius 3 is 2.48 bits per heavy atom. The molecular formula is C35H34F3N6O3S+. The molecule has 2 N–H and O–H groups in total. The standard InChI is InChI=1S/C35H34F3N6O3S/c1-5-40-15-32(45)47-33-21(2)10-25(11-22(33)3)16-43-19-41-44(20-43)18-35(46,27-12-29(37)30(38)13-28(27)36)23(4)34-42-31(17-48-34)26-8-6-24(14-39)7-9-26/h6-13,17,19-20,23,40,46H,5,15-16,18H2,1-4H3/q+1/t23-,35+/m0/s1. The van der Waals surface area contributed by atoms with Crippen LogP contribution in [-0.4, -0.2) is 38.9 Å². The molecule has 48 heavy (non-hydrogen) atoms. The Kier molecular flexibility index (Phi) is 10.4. The van der Waals surface area contributed by atoms with E-state index < -0.39 is 34.5 Å². The van der Waals surface area contributed by atoms with Crippen LogP contribution in [0.4, 0.5) is 13.2 Å². The third-order valence-corrected chi connectivity index (χ3v) is 9.08. The molecule has 0 amide bonds. The molecule has 0 radical (unpaired) electrons. The fraction of sp³-hybridized carbons (Fsp3) is 0.286. The van der Waals surface area contributed by atoms with Crippen LogP contribution in [0.2, 0.25) is 0 Å². The van der Waals surface area contributed by atoms with E-state index in [0.29, 0.717) is 47.2 Å². The number of nitriles is 1. The zero-order valence-corrected chi connectivity index (χ0v) is 27.6. The van der Waals surface area contributed by atoms with Crippen LogP contribution in [-0.2, 0) is 23.5 Å². The second kappa shape index (κ2) is 14.5. The summed E-state index contributed by atoms with van der Waals surface area (Å²) in [7, 11) is 0. The summed E-state index contributed by atoms with van der Waals surface area (Å²) in [5, 5.41) is 30.9. The molecule has 0 aliphatic heterocycles. The van der Waals surface area contributed by atoms with Gasteiger partial charge in [-0.1, -0.05) is 26.0 Å². The summed E-state index contributed by atoms with van der Waals surface area (Å²) in [6.45, 7) is 8.05. The first-order chi connectivity index (χ1) is 22.9. The third kappa shape index (κ3) is 7.46. The van der Waals surface area contributed by atoms with Crippen molar-refractivity contribution in [2.24, 2.45) is 0 Å². The second-order valence-corrected chi connectivity index (χ2v) is 12.5. The molecule has 0 aliphatic carbocycles. The van der Waals surface area contributed by atoms with Crippen LogP contribution in [0.1, 0.15) is 52.6 Å². The van der Waals surface area contributed by atoms with Gasteiger partial charge in [0.2, 0.25) is 6.33 Å². The fourth-order valence-electron chi connectivity index (χ4n) is 5.50. The quantitative estimate of drug-likeness (QED) is 0.0782. The smallest absolute Gasteiger partial charge is 0.325 e. The van der Waals surface area contributed by atoms with Crippen LogP contribution in [0, 0.1) is 42.6 Å². The number of hydrogen-bond acceptors (Lipinski definition) is 8. The highest BCUT2D eigenvalue weighted by Crippen LogP contribution is 2.42. The largest absolute Gasteiger partial charge is 0.425 e. The van der Waals surface area contributed by atoms with Gasteiger partial charge in [0.15, 0.2) is 11.6 Å². The van der Waals surface area contributed by atoms with Crippen molar-refractivity contribution < 1.29 is 32.4 Å². The lowest BCUT2D eigenvalue weighted by atomic mass is 9.82. The lowest BCUT2D eigenvalue weighted by Crippen LogP contribution is -2.39. The monoisotopic (exact) mass is 675 g/mol. The Bertz CT molecular complexity index is 1970. The maximum absolute atomic E-state index is 15.3. The van der Waals surface area contributed by atoms with Gasteiger partial charge in [-0.15, -0.1) is 16.0 Å². The highest BCUT2D eigenvalue weighted by atomic mass is 32.1. The predicted molar refractivity (Wildman–Crippen MR) is 173 cm³/mol. The molecule has 0 saturated carbocycles. The molecule has 2 aromatic heterocycles. The number of ether oxygens (including phenoxy) is 1. The van der Waals surface area contributed by atoms with Crippen molar-refractivity contribution in [2.45, 2.75) is 52.3 Å². The van der Waals surface area contributed by atoms with E-state index in [1.54, 1.807) is 47.5 Å². The van der Waals surface area contributed by atoms with Gasteiger partial charge in [-0.05, 0) is 67.4 Å². The molecule has 0 bridgehead atoms. The maximum Gasteiger partial charge on any atom is 0.325 e. The minimum atomic E-state index is -2.10. The van der Waals surface area contributed by atoms with E-state index >= 15 is 4.39 Å². The molecule has 0 saturated heterocycles. The normalized spacial score (nSPS) is 13.1. The molecule has 9 nitrogen and oxygen atoms in total. The molecule has 3 aromatic carbocycles. The number of halogens is 3. The molecule has 0 unspecified atom stereocenters. The highest BCUT2D eigenvalue weighted by Gasteiger charge is 2.44. The van der Waals surface area contributed by atoms with Crippen LogP contribution in [0.15, 0.2) is 66.6 Å². The van der Waals surface area contributed by atoms with Crippen molar-refractivity contribution in [3.8, 4) is 23.1 Å². The summed E-state index contributed by atoms with van der Waals surface area (Å²) in [6, 6.07) is 13.8. The number of nitrogens with zero attached hydrogens (tertiary/aromatic N) is 5. The van der Waals surface area contributed by atoms with Gasteiger partial charge >= 0.3 is 5.97 Å². The van der Waals surface area contributed by atoms with E-state index in [1.807, 2.05) is 32.9 Å². The summed E-state index contributed by atoms with van der Waals surface area (Å²) in [6.07, 6.45) is 3.16. The molecule has 0 spiro atoms. The number of aliphatic hydroxyl groups is 1. The average molecular weight is 676 g/mol. The van der Waals surface area contributed by atoms with Crippen molar-refractivity contribution >= 4 is 17.3 Å². The lowest BCUT2D eigenvalue weighted by molar-refractivity contribution is -0.689. The van der Waals surface area contributed by atoms with Crippen LogP contribution < -0.4 is 14.6 Å². The lowest BCUT2D eigenvalue weighted by Gasteiger charge is -2.32. The Labute approximate surface area is 279 Å². The van der Waals surface area contributed by atoms with Gasteiger partial charge in [0.05, 0.1) is 35.4 Å². The van der Waals surface area contributed by atoms with Gasteiger partial charge in [-0.3, -0.25) is 4.79 Å². The average Bonchev–Trinajstić information content (AvgIpc) is 3.73. The topological polar surface area (TPSA) is 117 Å². The first-order valence-corrected chi connectivity index (χ1v) is 16.1. The molecule has 248 valence electrons. The van der Waals surface area contributed by atoms with Crippen LogP contribution in [0.5, 0.6) is 5.75 Å². The van der Waals surface area contributed by atoms with Crippen molar-refractivity contribution in [3.63, 3.8) is 0 Å². The summed E-state index contributed by atoms with van der Waals surface area (Å²) >= 11 is 1.23. The number of carbonyl (C=O) groups excluding carboxylic acids is 1. The number of thiazole rings is 1. The molecule has 2 heterocycles.